The minimum Gasteiger partial charge on any atom is -0.480 e. The van der Waals surface area contributed by atoms with Gasteiger partial charge in [-0.05, 0) is 25.7 Å². The number of nitrogens with zero attached hydrogens (tertiary/aromatic N) is 1. The van der Waals surface area contributed by atoms with Crippen LogP contribution >= 0.6 is 0 Å². The van der Waals surface area contributed by atoms with E-state index in [0.717, 1.165) is 12.8 Å². The number of nitrogens with two attached hydrogens (primary N) is 1. The maximum Gasteiger partial charge on any atom is 0.323 e. The Balaban J connectivity index is 2.38. The molecule has 0 bridgehead atoms. The average molecular weight is 270 g/mol. The van der Waals surface area contributed by atoms with Gasteiger partial charge in [0.15, 0.2) is 0 Å². The third-order valence-corrected chi connectivity index (χ3v) is 3.89. The molecule has 1 saturated heterocycles. The van der Waals surface area contributed by atoms with E-state index in [2.05, 4.69) is 4.90 Å². The van der Waals surface area contributed by atoms with E-state index in [4.69, 9.17) is 13.6 Å². The predicted molar refractivity (Wildman–Crippen MR) is 74.2 cm³/mol. The van der Waals surface area contributed by atoms with E-state index >= 15 is 0 Å². The fourth-order valence-corrected chi connectivity index (χ4v) is 2.41. The molecule has 4 nitrogen and oxygen atoms in total. The van der Waals surface area contributed by atoms with E-state index in [-0.39, 0.29) is 0 Å². The largest absolute Gasteiger partial charge is 0.480 e. The fourth-order valence-electron chi connectivity index (χ4n) is 2.41. The summed E-state index contributed by atoms with van der Waals surface area (Å²) in [5.74, 6) is -0.954. The van der Waals surface area contributed by atoms with Gasteiger partial charge < -0.3 is 15.7 Å². The number of halogens is 1. The number of aliphatic carboxylic acids is 1. The SMILES string of the molecule is [B]CCCCC(N)(CCN1CCC(F)CC1)C(=O)O. The second-order valence-electron chi connectivity index (χ2n) is 5.47. The van der Waals surface area contributed by atoms with Crippen LogP contribution in [0.2, 0.25) is 6.32 Å². The Kier molecular flexibility index (Phi) is 6.79. The van der Waals surface area contributed by atoms with Gasteiger partial charge in [-0.1, -0.05) is 19.2 Å². The Morgan fingerprint density at radius 1 is 1.37 bits per heavy atom. The van der Waals surface area contributed by atoms with E-state index in [1.165, 1.54) is 0 Å². The smallest absolute Gasteiger partial charge is 0.323 e. The number of carboxylic acids is 1. The molecule has 1 atom stereocenters. The van der Waals surface area contributed by atoms with Crippen LogP contribution in [0.5, 0.6) is 0 Å². The van der Waals surface area contributed by atoms with Crippen molar-refractivity contribution in [2.75, 3.05) is 19.6 Å². The van der Waals surface area contributed by atoms with Crippen molar-refractivity contribution in [1.82, 2.24) is 4.90 Å². The molecule has 1 aliphatic rings. The van der Waals surface area contributed by atoms with Gasteiger partial charge in [-0.25, -0.2) is 4.39 Å². The standard InChI is InChI=1S/C13H24BFN2O2/c14-7-2-1-5-13(16,12(18)19)6-10-17-8-3-11(15)4-9-17/h11H,1-10,16H2,(H,18,19). The molecule has 1 unspecified atom stereocenters. The van der Waals surface area contributed by atoms with Gasteiger partial charge in [0.2, 0.25) is 0 Å². The van der Waals surface area contributed by atoms with Crippen LogP contribution in [0.15, 0.2) is 0 Å². The zero-order chi connectivity index (χ0) is 14.3. The lowest BCUT2D eigenvalue weighted by Gasteiger charge is -2.32. The summed E-state index contributed by atoms with van der Waals surface area (Å²) < 4.78 is 13.0. The molecule has 0 aromatic carbocycles. The second kappa shape index (κ2) is 7.85. The van der Waals surface area contributed by atoms with Gasteiger partial charge in [0.05, 0.1) is 7.85 Å². The number of likely N-dealkylation sites (tertiary alicyclic amines) is 1. The summed E-state index contributed by atoms with van der Waals surface area (Å²) in [7, 11) is 5.41. The second-order valence-corrected chi connectivity index (χ2v) is 5.47. The molecule has 2 radical (unpaired) electrons. The molecule has 0 spiro atoms. The molecule has 1 heterocycles. The Morgan fingerprint density at radius 3 is 2.53 bits per heavy atom. The maximum atomic E-state index is 13.0. The highest BCUT2D eigenvalue weighted by Gasteiger charge is 2.33. The summed E-state index contributed by atoms with van der Waals surface area (Å²) >= 11 is 0. The first-order valence-corrected chi connectivity index (χ1v) is 7.07. The van der Waals surface area contributed by atoms with Gasteiger partial charge in [-0.2, -0.15) is 0 Å². The van der Waals surface area contributed by atoms with Gasteiger partial charge in [-0.15, -0.1) is 0 Å². The first-order chi connectivity index (χ1) is 8.98. The van der Waals surface area contributed by atoms with Gasteiger partial charge >= 0.3 is 5.97 Å². The lowest BCUT2D eigenvalue weighted by molar-refractivity contribution is -0.144. The third-order valence-electron chi connectivity index (χ3n) is 3.89. The van der Waals surface area contributed by atoms with Crippen LogP contribution < -0.4 is 5.73 Å². The number of hydrogen-bond donors (Lipinski definition) is 2. The van der Waals surface area contributed by atoms with Gasteiger partial charge in [0, 0.05) is 19.6 Å². The van der Waals surface area contributed by atoms with E-state index in [1.807, 2.05) is 0 Å². The van der Waals surface area contributed by atoms with Crippen molar-refractivity contribution in [1.29, 1.82) is 0 Å². The van der Waals surface area contributed by atoms with E-state index in [0.29, 0.717) is 51.6 Å². The number of hydrogen-bond acceptors (Lipinski definition) is 3. The summed E-state index contributed by atoms with van der Waals surface area (Å²) in [6.07, 6.45) is 3.30. The van der Waals surface area contributed by atoms with Crippen molar-refractivity contribution >= 4 is 13.8 Å². The Labute approximate surface area is 115 Å². The van der Waals surface area contributed by atoms with E-state index < -0.39 is 17.7 Å². The molecule has 1 aliphatic heterocycles. The van der Waals surface area contributed by atoms with Gasteiger partial charge in [0.25, 0.3) is 0 Å². The lowest BCUT2D eigenvalue weighted by atomic mass is 9.87. The first-order valence-electron chi connectivity index (χ1n) is 7.07. The number of carbonyl (C=O) groups is 1. The van der Waals surface area contributed by atoms with Crippen LogP contribution in [0.3, 0.4) is 0 Å². The van der Waals surface area contributed by atoms with Crippen LogP contribution in [0.25, 0.3) is 0 Å². The molecule has 6 heteroatoms. The van der Waals surface area contributed by atoms with Crippen LogP contribution in [0, 0.1) is 0 Å². The van der Waals surface area contributed by atoms with Crippen molar-refractivity contribution in [3.63, 3.8) is 0 Å². The Hall–Kier alpha value is -0.615. The molecule has 1 rings (SSSR count). The van der Waals surface area contributed by atoms with Crippen molar-refractivity contribution in [3.05, 3.63) is 0 Å². The fraction of sp³-hybridized carbons (Fsp3) is 0.923. The minimum absolute atomic E-state index is 0.407. The minimum atomic E-state index is -1.18. The molecule has 19 heavy (non-hydrogen) atoms. The van der Waals surface area contributed by atoms with Crippen LogP contribution in [0.1, 0.15) is 38.5 Å². The highest BCUT2D eigenvalue weighted by atomic mass is 19.1. The normalized spacial score (nSPS) is 21.2. The summed E-state index contributed by atoms with van der Waals surface area (Å²) in [5.41, 5.74) is 4.81. The topological polar surface area (TPSA) is 66.6 Å². The lowest BCUT2D eigenvalue weighted by Crippen LogP contribution is -2.50. The van der Waals surface area contributed by atoms with E-state index in [9.17, 15) is 14.3 Å². The van der Waals surface area contributed by atoms with Gasteiger partial charge in [-0.3, -0.25) is 4.79 Å². The zero-order valence-electron chi connectivity index (χ0n) is 11.5. The number of unbranched alkanes of at least 4 members (excludes halogenated alkanes) is 1. The highest BCUT2D eigenvalue weighted by Crippen LogP contribution is 2.20. The summed E-state index contributed by atoms with van der Waals surface area (Å²) in [6, 6.07) is 0. The molecule has 0 aromatic rings. The van der Waals surface area contributed by atoms with Crippen LogP contribution in [-0.2, 0) is 4.79 Å². The quantitative estimate of drug-likeness (QED) is 0.516. The molecular formula is C13H24BFN2O2. The number of piperidine rings is 1. The number of rotatable bonds is 8. The molecule has 0 aliphatic carbocycles. The Morgan fingerprint density at radius 2 is 2.00 bits per heavy atom. The average Bonchev–Trinajstić information content (AvgIpc) is 2.38. The monoisotopic (exact) mass is 270 g/mol. The molecule has 0 saturated carbocycles. The highest BCUT2D eigenvalue weighted by molar-refractivity contribution is 6.08. The Bertz CT molecular complexity index is 286. The first kappa shape index (κ1) is 16.4. The zero-order valence-corrected chi connectivity index (χ0v) is 11.5. The predicted octanol–water partition coefficient (Wildman–Crippen LogP) is 1.35. The third kappa shape index (κ3) is 5.49. The van der Waals surface area contributed by atoms with Crippen LogP contribution in [-0.4, -0.2) is 55.2 Å². The van der Waals surface area contributed by atoms with Crippen molar-refractivity contribution in [2.24, 2.45) is 5.73 Å². The molecule has 0 amide bonds. The van der Waals surface area contributed by atoms with Gasteiger partial charge in [0.1, 0.15) is 11.7 Å². The maximum absolute atomic E-state index is 13.0. The molecular weight excluding hydrogens is 246 g/mol. The van der Waals surface area contributed by atoms with Crippen molar-refractivity contribution < 1.29 is 14.3 Å². The molecule has 108 valence electrons. The van der Waals surface area contributed by atoms with Crippen molar-refractivity contribution in [3.8, 4) is 0 Å². The molecule has 1 fully saturated rings. The van der Waals surface area contributed by atoms with Crippen LogP contribution in [0.4, 0.5) is 4.39 Å². The summed E-state index contributed by atoms with van der Waals surface area (Å²) in [6.45, 7) is 2.01. The molecule has 0 aromatic heterocycles. The van der Waals surface area contributed by atoms with E-state index in [1.54, 1.807) is 0 Å². The van der Waals surface area contributed by atoms with Crippen molar-refractivity contribution in [2.45, 2.75) is 56.6 Å². The summed E-state index contributed by atoms with van der Waals surface area (Å²) in [5, 5.41) is 9.27. The molecule has 3 N–H and O–H groups in total. The number of alkyl halides is 1. The summed E-state index contributed by atoms with van der Waals surface area (Å²) in [4.78, 5) is 13.4. The number of carboxylic acid groups (broad SMARTS) is 1.